The van der Waals surface area contributed by atoms with Crippen molar-refractivity contribution in [3.05, 3.63) is 90.0 Å². The molecule has 0 aliphatic carbocycles. The molecule has 0 saturated carbocycles. The molecule has 36 heavy (non-hydrogen) atoms. The van der Waals surface area contributed by atoms with E-state index in [-0.39, 0.29) is 17.6 Å². The van der Waals surface area contributed by atoms with E-state index >= 15 is 0 Å². The topological polar surface area (TPSA) is 62.2 Å². The highest BCUT2D eigenvalue weighted by molar-refractivity contribution is 5.93. The molecule has 5 heteroatoms. The van der Waals surface area contributed by atoms with Crippen molar-refractivity contribution in [2.45, 2.75) is 25.4 Å². The van der Waals surface area contributed by atoms with Crippen molar-refractivity contribution < 1.29 is 19.7 Å². The van der Waals surface area contributed by atoms with Crippen LogP contribution in [0.25, 0.3) is 21.9 Å². The third-order valence-electron chi connectivity index (χ3n) is 7.03. The predicted octanol–water partition coefficient (Wildman–Crippen LogP) is 6.52. The van der Waals surface area contributed by atoms with Gasteiger partial charge in [-0.05, 0) is 89.8 Å². The largest absolute Gasteiger partial charge is 0.508 e. The van der Waals surface area contributed by atoms with E-state index < -0.39 is 0 Å². The highest BCUT2D eigenvalue weighted by atomic mass is 16.5. The first-order chi connectivity index (χ1) is 17.6. The summed E-state index contributed by atoms with van der Waals surface area (Å²) < 4.78 is 12.1. The van der Waals surface area contributed by atoms with E-state index in [9.17, 15) is 10.2 Å². The molecule has 1 aliphatic rings. The summed E-state index contributed by atoms with van der Waals surface area (Å²) in [5.74, 6) is 1.31. The second-order valence-corrected chi connectivity index (χ2v) is 9.41. The molecule has 4 aromatic carbocycles. The fraction of sp³-hybridized carbons (Fsp3) is 0.290. The number of ether oxygens (including phenoxy) is 2. The number of methoxy groups -OCH3 is 1. The normalized spacial score (nSPS) is 15.1. The van der Waals surface area contributed by atoms with Crippen LogP contribution in [0.1, 0.15) is 36.5 Å². The van der Waals surface area contributed by atoms with Crippen molar-refractivity contribution in [2.75, 3.05) is 33.4 Å². The quantitative estimate of drug-likeness (QED) is 0.299. The molecule has 1 saturated heterocycles. The maximum Gasteiger partial charge on any atom is 0.119 e. The molecule has 1 atom stereocenters. The molecular weight excluding hydrogens is 450 g/mol. The van der Waals surface area contributed by atoms with Crippen molar-refractivity contribution in [3.8, 4) is 28.4 Å². The molecule has 2 N–H and O–H groups in total. The zero-order valence-corrected chi connectivity index (χ0v) is 20.7. The summed E-state index contributed by atoms with van der Waals surface area (Å²) in [5.41, 5.74) is 4.03. The van der Waals surface area contributed by atoms with Gasteiger partial charge in [0, 0.05) is 19.2 Å². The highest BCUT2D eigenvalue weighted by Gasteiger charge is 2.21. The average Bonchev–Trinajstić information content (AvgIpc) is 2.91. The van der Waals surface area contributed by atoms with Crippen LogP contribution in [0.15, 0.2) is 78.9 Å². The van der Waals surface area contributed by atoms with E-state index in [4.69, 9.17) is 9.47 Å². The zero-order chi connectivity index (χ0) is 24.9. The molecule has 5 nitrogen and oxygen atoms in total. The molecule has 0 spiro atoms. The summed E-state index contributed by atoms with van der Waals surface area (Å²) in [6.45, 7) is 3.99. The number of hydrogen-bond donors (Lipinski definition) is 2. The number of nitrogens with zero attached hydrogens (tertiary/aromatic N) is 1. The lowest BCUT2D eigenvalue weighted by molar-refractivity contribution is 0.138. The Morgan fingerprint density at radius 1 is 0.806 bits per heavy atom. The summed E-state index contributed by atoms with van der Waals surface area (Å²) >= 11 is 0. The van der Waals surface area contributed by atoms with Crippen LogP contribution in [0.2, 0.25) is 0 Å². The molecule has 1 heterocycles. The van der Waals surface area contributed by atoms with Gasteiger partial charge in [0.2, 0.25) is 0 Å². The lowest BCUT2D eigenvalue weighted by Crippen LogP contribution is -2.33. The van der Waals surface area contributed by atoms with E-state index in [1.807, 2.05) is 42.5 Å². The second kappa shape index (κ2) is 11.0. The van der Waals surface area contributed by atoms with Gasteiger partial charge in [0.1, 0.15) is 30.0 Å². The Balaban J connectivity index is 1.45. The number of phenols is 2. The number of aromatic hydroxyl groups is 2. The van der Waals surface area contributed by atoms with E-state index in [2.05, 4.69) is 17.0 Å². The minimum absolute atomic E-state index is 0.227. The van der Waals surface area contributed by atoms with Crippen LogP contribution in [0.3, 0.4) is 0 Å². The van der Waals surface area contributed by atoms with Crippen LogP contribution in [-0.4, -0.2) is 48.5 Å². The Labute approximate surface area is 212 Å². The monoisotopic (exact) mass is 483 g/mol. The maximum atomic E-state index is 10.1. The van der Waals surface area contributed by atoms with Gasteiger partial charge < -0.3 is 19.7 Å². The number of rotatable bonds is 8. The molecule has 1 aliphatic heterocycles. The minimum Gasteiger partial charge on any atom is -0.508 e. The van der Waals surface area contributed by atoms with Crippen LogP contribution in [0, 0.1) is 0 Å². The fourth-order valence-corrected chi connectivity index (χ4v) is 5.15. The number of benzene rings is 4. The van der Waals surface area contributed by atoms with Crippen molar-refractivity contribution in [2.24, 2.45) is 0 Å². The van der Waals surface area contributed by atoms with Crippen LogP contribution < -0.4 is 4.74 Å². The van der Waals surface area contributed by atoms with Gasteiger partial charge in [-0.2, -0.15) is 0 Å². The van der Waals surface area contributed by atoms with Crippen LogP contribution >= 0.6 is 0 Å². The second-order valence-electron chi connectivity index (χ2n) is 9.41. The van der Waals surface area contributed by atoms with Gasteiger partial charge in [-0.15, -0.1) is 0 Å². The third kappa shape index (κ3) is 5.32. The Hall–Kier alpha value is -3.54. The lowest BCUT2D eigenvalue weighted by atomic mass is 9.88. The first-order valence-electron chi connectivity index (χ1n) is 12.7. The van der Waals surface area contributed by atoms with Crippen molar-refractivity contribution in [3.63, 3.8) is 0 Å². The van der Waals surface area contributed by atoms with E-state index in [0.717, 1.165) is 45.3 Å². The third-order valence-corrected chi connectivity index (χ3v) is 7.03. The van der Waals surface area contributed by atoms with Gasteiger partial charge in [-0.3, -0.25) is 4.90 Å². The van der Waals surface area contributed by atoms with Crippen LogP contribution in [-0.2, 0) is 4.74 Å². The molecule has 5 rings (SSSR count). The standard InChI is InChI=1S/C31H33NO4/c1-35-31(23-7-13-27(14-8-23)36-20-19-32-17-3-2-4-18-32)30-28(22-5-10-25(33)11-6-22)15-9-24-21-26(34)12-16-29(24)30/h5-16,21,31,33-34H,2-4,17-20H2,1H3. The molecular formula is C31H33NO4. The SMILES string of the molecule is COC(c1ccc(OCCN2CCCCC2)cc1)c1c(-c2ccc(O)cc2)ccc2cc(O)ccc12. The number of hydrogen-bond acceptors (Lipinski definition) is 5. The number of piperidine rings is 1. The lowest BCUT2D eigenvalue weighted by Gasteiger charge is -2.26. The molecule has 1 unspecified atom stereocenters. The Morgan fingerprint density at radius 2 is 1.53 bits per heavy atom. The van der Waals surface area contributed by atoms with E-state index in [1.54, 1.807) is 31.4 Å². The van der Waals surface area contributed by atoms with Crippen molar-refractivity contribution in [1.82, 2.24) is 4.90 Å². The van der Waals surface area contributed by atoms with Gasteiger partial charge in [-0.1, -0.05) is 48.9 Å². The smallest absolute Gasteiger partial charge is 0.119 e. The van der Waals surface area contributed by atoms with Gasteiger partial charge in [0.15, 0.2) is 0 Å². The zero-order valence-electron chi connectivity index (χ0n) is 20.7. The summed E-state index contributed by atoms with van der Waals surface area (Å²) in [6.07, 6.45) is 3.58. The molecule has 186 valence electrons. The number of fused-ring (bicyclic) bond motifs is 1. The van der Waals surface area contributed by atoms with Crippen LogP contribution in [0.4, 0.5) is 0 Å². The van der Waals surface area contributed by atoms with Gasteiger partial charge in [-0.25, -0.2) is 0 Å². The molecule has 1 fully saturated rings. The molecule has 4 aromatic rings. The number of likely N-dealkylation sites (tertiary alicyclic amines) is 1. The Morgan fingerprint density at radius 3 is 2.25 bits per heavy atom. The number of phenolic OH excluding ortho intramolecular Hbond substituents is 2. The minimum atomic E-state index is -0.329. The van der Waals surface area contributed by atoms with Gasteiger partial charge in [0.05, 0.1) is 0 Å². The van der Waals surface area contributed by atoms with Crippen LogP contribution in [0.5, 0.6) is 17.2 Å². The first kappa shape index (κ1) is 24.2. The van der Waals surface area contributed by atoms with E-state index in [1.165, 1.54) is 32.4 Å². The first-order valence-corrected chi connectivity index (χ1v) is 12.7. The Kier molecular flexibility index (Phi) is 7.40. The summed E-state index contributed by atoms with van der Waals surface area (Å²) in [5, 5.41) is 21.8. The fourth-order valence-electron chi connectivity index (χ4n) is 5.15. The van der Waals surface area contributed by atoms with E-state index in [0.29, 0.717) is 6.61 Å². The molecule has 0 radical (unpaired) electrons. The van der Waals surface area contributed by atoms with Gasteiger partial charge >= 0.3 is 0 Å². The summed E-state index contributed by atoms with van der Waals surface area (Å²) in [7, 11) is 1.72. The maximum absolute atomic E-state index is 10.1. The molecule has 0 bridgehead atoms. The predicted molar refractivity (Wildman–Crippen MR) is 144 cm³/mol. The average molecular weight is 484 g/mol. The summed E-state index contributed by atoms with van der Waals surface area (Å²) in [4.78, 5) is 2.47. The summed E-state index contributed by atoms with van der Waals surface area (Å²) in [6, 6.07) is 24.8. The van der Waals surface area contributed by atoms with Gasteiger partial charge in [0.25, 0.3) is 0 Å². The van der Waals surface area contributed by atoms with Crippen molar-refractivity contribution >= 4 is 10.8 Å². The highest BCUT2D eigenvalue weighted by Crippen LogP contribution is 2.40. The Bertz CT molecular complexity index is 1290. The van der Waals surface area contributed by atoms with Crippen molar-refractivity contribution in [1.29, 1.82) is 0 Å². The molecule has 0 amide bonds. The molecule has 0 aromatic heterocycles.